The molecule has 0 radical (unpaired) electrons. The first-order valence-electron chi connectivity index (χ1n) is 5.61. The van der Waals surface area contributed by atoms with Crippen LogP contribution in [0.15, 0.2) is 42.5 Å². The van der Waals surface area contributed by atoms with Crippen LogP contribution in [0.2, 0.25) is 5.02 Å². The van der Waals surface area contributed by atoms with Gasteiger partial charge in [0.25, 0.3) is 0 Å². The Balaban J connectivity index is 2.10. The maximum atomic E-state index is 5.94. The zero-order valence-electron chi connectivity index (χ0n) is 10.1. The number of methoxy groups -OCH3 is 1. The van der Waals surface area contributed by atoms with E-state index in [1.54, 1.807) is 13.2 Å². The number of nitrogens with two attached hydrogens (primary N) is 1. The summed E-state index contributed by atoms with van der Waals surface area (Å²) in [6, 6.07) is 13.3. The fourth-order valence-electron chi connectivity index (χ4n) is 1.70. The number of halogens is 1. The molecule has 0 unspecified atom stereocenters. The van der Waals surface area contributed by atoms with E-state index in [0.717, 1.165) is 22.0 Å². The minimum Gasteiger partial charge on any atom is -0.495 e. The van der Waals surface area contributed by atoms with Gasteiger partial charge in [0.1, 0.15) is 5.75 Å². The average Bonchev–Trinajstić information content (AvgIpc) is 2.37. The number of hydrogen-bond donors (Lipinski definition) is 2. The van der Waals surface area contributed by atoms with Crippen molar-refractivity contribution in [3.05, 3.63) is 53.1 Å². The monoisotopic (exact) mass is 262 g/mol. The number of benzene rings is 2. The Morgan fingerprint density at radius 3 is 2.78 bits per heavy atom. The molecule has 0 atom stereocenters. The van der Waals surface area contributed by atoms with E-state index in [1.807, 2.05) is 36.4 Å². The third kappa shape index (κ3) is 3.08. The molecule has 0 aromatic heterocycles. The van der Waals surface area contributed by atoms with Crippen LogP contribution in [0, 0.1) is 0 Å². The Morgan fingerprint density at radius 2 is 2.06 bits per heavy atom. The Bertz CT molecular complexity index is 543. The molecule has 94 valence electrons. The topological polar surface area (TPSA) is 47.3 Å². The Kier molecular flexibility index (Phi) is 3.95. The van der Waals surface area contributed by atoms with Crippen molar-refractivity contribution in [1.29, 1.82) is 0 Å². The summed E-state index contributed by atoms with van der Waals surface area (Å²) in [6.45, 7) is 0.681. The van der Waals surface area contributed by atoms with Gasteiger partial charge in [0.05, 0.1) is 12.8 Å². The zero-order chi connectivity index (χ0) is 13.0. The van der Waals surface area contributed by atoms with Crippen molar-refractivity contribution in [2.75, 3.05) is 18.2 Å². The molecule has 18 heavy (non-hydrogen) atoms. The van der Waals surface area contributed by atoms with Crippen molar-refractivity contribution in [3.63, 3.8) is 0 Å². The van der Waals surface area contributed by atoms with E-state index in [-0.39, 0.29) is 0 Å². The van der Waals surface area contributed by atoms with Crippen LogP contribution < -0.4 is 15.8 Å². The second-order valence-corrected chi connectivity index (χ2v) is 4.38. The van der Waals surface area contributed by atoms with Crippen molar-refractivity contribution < 1.29 is 4.74 Å². The van der Waals surface area contributed by atoms with E-state index in [4.69, 9.17) is 22.1 Å². The SMILES string of the molecule is COc1cc(N)ccc1NCc1cccc(Cl)c1. The van der Waals surface area contributed by atoms with Crippen LogP contribution in [-0.2, 0) is 6.54 Å². The molecule has 0 bridgehead atoms. The van der Waals surface area contributed by atoms with Gasteiger partial charge in [0.15, 0.2) is 0 Å². The fourth-order valence-corrected chi connectivity index (χ4v) is 1.91. The van der Waals surface area contributed by atoms with Crippen LogP contribution in [0.5, 0.6) is 5.75 Å². The molecular weight excluding hydrogens is 248 g/mol. The second kappa shape index (κ2) is 5.65. The van der Waals surface area contributed by atoms with Gasteiger partial charge in [-0.05, 0) is 29.8 Å². The first-order valence-corrected chi connectivity index (χ1v) is 5.98. The summed E-state index contributed by atoms with van der Waals surface area (Å²) in [4.78, 5) is 0. The molecule has 2 rings (SSSR count). The van der Waals surface area contributed by atoms with Gasteiger partial charge in [-0.1, -0.05) is 23.7 Å². The van der Waals surface area contributed by atoms with Crippen molar-refractivity contribution in [2.45, 2.75) is 6.54 Å². The summed E-state index contributed by atoms with van der Waals surface area (Å²) in [7, 11) is 1.62. The number of nitrogen functional groups attached to an aromatic ring is 1. The predicted molar refractivity (Wildman–Crippen MR) is 76.2 cm³/mol. The second-order valence-electron chi connectivity index (χ2n) is 3.94. The summed E-state index contributed by atoms with van der Waals surface area (Å²) >= 11 is 5.94. The molecular formula is C14H15ClN2O. The molecule has 0 saturated heterocycles. The number of ether oxygens (including phenoxy) is 1. The third-order valence-corrected chi connectivity index (χ3v) is 2.83. The summed E-state index contributed by atoms with van der Waals surface area (Å²) < 4.78 is 5.27. The van der Waals surface area contributed by atoms with Crippen molar-refractivity contribution in [3.8, 4) is 5.75 Å². The highest BCUT2D eigenvalue weighted by atomic mass is 35.5. The normalized spacial score (nSPS) is 10.1. The fraction of sp³-hybridized carbons (Fsp3) is 0.143. The number of nitrogens with one attached hydrogen (secondary N) is 1. The minimum atomic E-state index is 0.681. The first kappa shape index (κ1) is 12.6. The van der Waals surface area contributed by atoms with E-state index >= 15 is 0 Å². The molecule has 4 heteroatoms. The molecule has 0 aliphatic carbocycles. The van der Waals surface area contributed by atoms with Crippen LogP contribution in [0.1, 0.15) is 5.56 Å². The molecule has 2 aromatic rings. The smallest absolute Gasteiger partial charge is 0.144 e. The van der Waals surface area contributed by atoms with E-state index in [2.05, 4.69) is 5.32 Å². The van der Waals surface area contributed by atoms with Crippen LogP contribution in [0.4, 0.5) is 11.4 Å². The van der Waals surface area contributed by atoms with Gasteiger partial charge in [-0.3, -0.25) is 0 Å². The maximum absolute atomic E-state index is 5.94. The van der Waals surface area contributed by atoms with Gasteiger partial charge in [-0.2, -0.15) is 0 Å². The molecule has 0 spiro atoms. The van der Waals surface area contributed by atoms with Crippen molar-refractivity contribution >= 4 is 23.0 Å². The lowest BCUT2D eigenvalue weighted by molar-refractivity contribution is 0.416. The Morgan fingerprint density at radius 1 is 1.22 bits per heavy atom. The van der Waals surface area contributed by atoms with Crippen LogP contribution >= 0.6 is 11.6 Å². The lowest BCUT2D eigenvalue weighted by Gasteiger charge is -2.12. The zero-order valence-corrected chi connectivity index (χ0v) is 10.9. The molecule has 0 aliphatic heterocycles. The van der Waals surface area contributed by atoms with Crippen LogP contribution in [-0.4, -0.2) is 7.11 Å². The molecule has 3 N–H and O–H groups in total. The predicted octanol–water partition coefficient (Wildman–Crippen LogP) is 3.54. The van der Waals surface area contributed by atoms with Gasteiger partial charge >= 0.3 is 0 Å². The summed E-state index contributed by atoms with van der Waals surface area (Å²) in [5, 5.41) is 4.03. The lowest BCUT2D eigenvalue weighted by Crippen LogP contribution is -2.01. The summed E-state index contributed by atoms with van der Waals surface area (Å²) in [5.41, 5.74) is 8.41. The molecule has 0 saturated carbocycles. The van der Waals surface area contributed by atoms with E-state index in [1.165, 1.54) is 0 Å². The molecule has 0 amide bonds. The highest BCUT2D eigenvalue weighted by Crippen LogP contribution is 2.27. The molecule has 0 fully saturated rings. The molecule has 0 aliphatic rings. The van der Waals surface area contributed by atoms with Gasteiger partial charge in [0.2, 0.25) is 0 Å². The van der Waals surface area contributed by atoms with Crippen LogP contribution in [0.25, 0.3) is 0 Å². The Hall–Kier alpha value is -1.87. The largest absolute Gasteiger partial charge is 0.495 e. The van der Waals surface area contributed by atoms with Gasteiger partial charge in [-0.15, -0.1) is 0 Å². The summed E-state index contributed by atoms with van der Waals surface area (Å²) in [5.74, 6) is 0.733. The molecule has 2 aromatic carbocycles. The standard InChI is InChI=1S/C14H15ClN2O/c1-18-14-8-12(16)5-6-13(14)17-9-10-3-2-4-11(15)7-10/h2-8,17H,9,16H2,1H3. The van der Waals surface area contributed by atoms with Gasteiger partial charge in [0, 0.05) is 23.3 Å². The van der Waals surface area contributed by atoms with Gasteiger partial charge in [-0.25, -0.2) is 0 Å². The Labute approximate surface area is 112 Å². The van der Waals surface area contributed by atoms with Gasteiger partial charge < -0.3 is 15.8 Å². The van der Waals surface area contributed by atoms with Crippen molar-refractivity contribution in [1.82, 2.24) is 0 Å². The van der Waals surface area contributed by atoms with Crippen LogP contribution in [0.3, 0.4) is 0 Å². The number of anilines is 2. The highest BCUT2D eigenvalue weighted by molar-refractivity contribution is 6.30. The number of rotatable bonds is 4. The molecule has 3 nitrogen and oxygen atoms in total. The lowest BCUT2D eigenvalue weighted by atomic mass is 10.2. The average molecular weight is 263 g/mol. The third-order valence-electron chi connectivity index (χ3n) is 2.60. The maximum Gasteiger partial charge on any atom is 0.144 e. The summed E-state index contributed by atoms with van der Waals surface area (Å²) in [6.07, 6.45) is 0. The van der Waals surface area contributed by atoms with E-state index < -0.39 is 0 Å². The quantitative estimate of drug-likeness (QED) is 0.829. The van der Waals surface area contributed by atoms with Crippen molar-refractivity contribution in [2.24, 2.45) is 0 Å². The first-order chi connectivity index (χ1) is 8.69. The highest BCUT2D eigenvalue weighted by Gasteiger charge is 2.03. The van der Waals surface area contributed by atoms with E-state index in [0.29, 0.717) is 12.2 Å². The minimum absolute atomic E-state index is 0.681. The molecule has 0 heterocycles. The number of hydrogen-bond acceptors (Lipinski definition) is 3. The van der Waals surface area contributed by atoms with E-state index in [9.17, 15) is 0 Å².